The maximum atomic E-state index is 13.5. The second kappa shape index (κ2) is 4.50. The van der Waals surface area contributed by atoms with E-state index in [0.29, 0.717) is 0 Å². The van der Waals surface area contributed by atoms with Crippen LogP contribution in [0.5, 0.6) is 0 Å². The zero-order chi connectivity index (χ0) is 11.6. The van der Waals surface area contributed by atoms with Crippen molar-refractivity contribution in [2.24, 2.45) is 0 Å². The van der Waals surface area contributed by atoms with Crippen LogP contribution in [-0.4, -0.2) is 13.1 Å². The van der Waals surface area contributed by atoms with E-state index in [0.717, 1.165) is 38.4 Å². The maximum absolute atomic E-state index is 13.5. The Labute approximate surface area is 94.9 Å². The minimum atomic E-state index is -2.73. The fourth-order valence-electron chi connectivity index (χ4n) is 2.39. The Balaban J connectivity index is 2.32. The molecule has 0 spiro atoms. The predicted molar refractivity (Wildman–Crippen MR) is 60.9 cm³/mol. The average Bonchev–Trinajstić information content (AvgIpc) is 2.29. The Morgan fingerprint density at radius 2 is 1.81 bits per heavy atom. The van der Waals surface area contributed by atoms with Crippen LogP contribution in [0.25, 0.3) is 0 Å². The van der Waals surface area contributed by atoms with E-state index >= 15 is 0 Å². The third kappa shape index (κ3) is 2.40. The number of alkyl halides is 2. The Kier molecular flexibility index (Phi) is 3.24. The van der Waals surface area contributed by atoms with Gasteiger partial charge in [-0.05, 0) is 37.4 Å². The van der Waals surface area contributed by atoms with Crippen LogP contribution < -0.4 is 5.32 Å². The lowest BCUT2D eigenvalue weighted by Gasteiger charge is -2.26. The van der Waals surface area contributed by atoms with Gasteiger partial charge in [0.15, 0.2) is 0 Å². The number of hydrogen-bond acceptors (Lipinski definition) is 1. The van der Waals surface area contributed by atoms with Crippen LogP contribution in [0.4, 0.5) is 8.78 Å². The van der Waals surface area contributed by atoms with Crippen molar-refractivity contribution in [3.63, 3.8) is 0 Å². The number of rotatable bonds is 2. The van der Waals surface area contributed by atoms with Crippen LogP contribution >= 0.6 is 0 Å². The first-order chi connectivity index (χ1) is 7.59. The summed E-state index contributed by atoms with van der Waals surface area (Å²) in [6, 6.07) is 6.95. The van der Waals surface area contributed by atoms with Gasteiger partial charge in [0.05, 0.1) is 0 Å². The summed E-state index contributed by atoms with van der Waals surface area (Å²) in [5, 5.41) is 3.26. The molecule has 0 radical (unpaired) electrons. The van der Waals surface area contributed by atoms with Gasteiger partial charge >= 0.3 is 0 Å². The van der Waals surface area contributed by atoms with Crippen molar-refractivity contribution in [1.29, 1.82) is 0 Å². The molecule has 88 valence electrons. The third-order valence-corrected chi connectivity index (χ3v) is 3.21. The molecule has 16 heavy (non-hydrogen) atoms. The Morgan fingerprint density at radius 1 is 1.19 bits per heavy atom. The molecule has 0 unspecified atom stereocenters. The monoisotopic (exact) mass is 225 g/mol. The van der Waals surface area contributed by atoms with Gasteiger partial charge in [-0.2, -0.15) is 0 Å². The molecule has 0 saturated carbocycles. The molecular formula is C13H17F2N. The van der Waals surface area contributed by atoms with Crippen molar-refractivity contribution in [3.05, 3.63) is 35.4 Å². The van der Waals surface area contributed by atoms with Crippen molar-refractivity contribution >= 4 is 0 Å². The molecule has 1 N–H and O–H groups in total. The van der Waals surface area contributed by atoms with Gasteiger partial charge in [-0.25, -0.2) is 8.78 Å². The number of piperidine rings is 1. The molecule has 2 rings (SSSR count). The van der Waals surface area contributed by atoms with E-state index in [-0.39, 0.29) is 11.5 Å². The SMILES string of the molecule is CC(F)(F)c1ccccc1C1CCNCC1. The molecule has 0 atom stereocenters. The summed E-state index contributed by atoms with van der Waals surface area (Å²) in [4.78, 5) is 0. The first-order valence-electron chi connectivity index (χ1n) is 5.77. The predicted octanol–water partition coefficient (Wildman–Crippen LogP) is 3.27. The lowest BCUT2D eigenvalue weighted by atomic mass is 9.85. The highest BCUT2D eigenvalue weighted by atomic mass is 19.3. The third-order valence-electron chi connectivity index (χ3n) is 3.21. The fourth-order valence-corrected chi connectivity index (χ4v) is 2.39. The highest BCUT2D eigenvalue weighted by Gasteiger charge is 2.30. The standard InChI is InChI=1S/C13H17F2N/c1-13(14,15)12-5-3-2-4-11(12)10-6-8-16-9-7-10/h2-5,10,16H,6-9H2,1H3. The normalized spacial score (nSPS) is 18.7. The molecule has 0 bridgehead atoms. The molecule has 1 fully saturated rings. The van der Waals surface area contributed by atoms with Crippen molar-refractivity contribution < 1.29 is 8.78 Å². The number of benzene rings is 1. The lowest BCUT2D eigenvalue weighted by molar-refractivity contribution is 0.0160. The summed E-state index contributed by atoms with van der Waals surface area (Å²) in [5.41, 5.74) is 1.03. The van der Waals surface area contributed by atoms with E-state index in [2.05, 4.69) is 5.32 Å². The second-order valence-electron chi connectivity index (χ2n) is 4.50. The van der Waals surface area contributed by atoms with Crippen LogP contribution in [-0.2, 0) is 5.92 Å². The van der Waals surface area contributed by atoms with E-state index in [4.69, 9.17) is 0 Å². The maximum Gasteiger partial charge on any atom is 0.270 e. The molecule has 1 aliphatic rings. The number of hydrogen-bond donors (Lipinski definition) is 1. The van der Waals surface area contributed by atoms with Crippen LogP contribution in [0.2, 0.25) is 0 Å². The molecule has 1 aromatic rings. The molecule has 0 aromatic heterocycles. The summed E-state index contributed by atoms with van der Waals surface area (Å²) in [6.07, 6.45) is 1.90. The van der Waals surface area contributed by atoms with Crippen LogP contribution in [0.3, 0.4) is 0 Å². The summed E-state index contributed by atoms with van der Waals surface area (Å²) in [7, 11) is 0. The van der Waals surface area contributed by atoms with Gasteiger partial charge in [0.1, 0.15) is 0 Å². The van der Waals surface area contributed by atoms with E-state index in [9.17, 15) is 8.78 Å². The Hall–Kier alpha value is -0.960. The van der Waals surface area contributed by atoms with Crippen molar-refractivity contribution in [3.8, 4) is 0 Å². The molecule has 0 aliphatic carbocycles. The zero-order valence-electron chi connectivity index (χ0n) is 9.47. The quantitative estimate of drug-likeness (QED) is 0.814. The zero-order valence-corrected chi connectivity index (χ0v) is 9.47. The minimum absolute atomic E-state index is 0.196. The molecule has 0 amide bonds. The fraction of sp³-hybridized carbons (Fsp3) is 0.538. The van der Waals surface area contributed by atoms with Gasteiger partial charge in [-0.15, -0.1) is 0 Å². The summed E-state index contributed by atoms with van der Waals surface area (Å²) < 4.78 is 26.9. The van der Waals surface area contributed by atoms with Gasteiger partial charge in [0, 0.05) is 12.5 Å². The first-order valence-corrected chi connectivity index (χ1v) is 5.77. The average molecular weight is 225 g/mol. The van der Waals surface area contributed by atoms with Gasteiger partial charge < -0.3 is 5.32 Å². The van der Waals surface area contributed by atoms with Crippen LogP contribution in [0.1, 0.15) is 36.8 Å². The Morgan fingerprint density at radius 3 is 2.44 bits per heavy atom. The molecule has 1 heterocycles. The minimum Gasteiger partial charge on any atom is -0.317 e. The van der Waals surface area contributed by atoms with Crippen molar-refractivity contribution in [1.82, 2.24) is 5.32 Å². The van der Waals surface area contributed by atoms with Gasteiger partial charge in [0.2, 0.25) is 0 Å². The molecule has 1 aromatic carbocycles. The van der Waals surface area contributed by atoms with E-state index < -0.39 is 5.92 Å². The van der Waals surface area contributed by atoms with Crippen LogP contribution in [0, 0.1) is 0 Å². The van der Waals surface area contributed by atoms with E-state index in [1.165, 1.54) is 0 Å². The second-order valence-corrected chi connectivity index (χ2v) is 4.50. The molecule has 1 saturated heterocycles. The number of halogens is 2. The topological polar surface area (TPSA) is 12.0 Å². The van der Waals surface area contributed by atoms with Gasteiger partial charge in [0.25, 0.3) is 5.92 Å². The molecule has 3 heteroatoms. The molecular weight excluding hydrogens is 208 g/mol. The number of nitrogens with one attached hydrogen (secondary N) is 1. The van der Waals surface area contributed by atoms with Crippen molar-refractivity contribution in [2.45, 2.75) is 31.6 Å². The smallest absolute Gasteiger partial charge is 0.270 e. The van der Waals surface area contributed by atoms with Crippen LogP contribution in [0.15, 0.2) is 24.3 Å². The highest BCUT2D eigenvalue weighted by Crippen LogP contribution is 2.36. The van der Waals surface area contributed by atoms with Gasteiger partial charge in [-0.1, -0.05) is 24.3 Å². The summed E-state index contributed by atoms with van der Waals surface area (Å²) in [5.74, 6) is -2.45. The molecule has 1 aliphatic heterocycles. The van der Waals surface area contributed by atoms with E-state index in [1.807, 2.05) is 12.1 Å². The lowest BCUT2D eigenvalue weighted by Crippen LogP contribution is -2.27. The first kappa shape index (κ1) is 11.5. The van der Waals surface area contributed by atoms with Gasteiger partial charge in [-0.3, -0.25) is 0 Å². The largest absolute Gasteiger partial charge is 0.317 e. The van der Waals surface area contributed by atoms with E-state index in [1.54, 1.807) is 12.1 Å². The highest BCUT2D eigenvalue weighted by molar-refractivity contribution is 5.33. The van der Waals surface area contributed by atoms with Crippen molar-refractivity contribution in [2.75, 3.05) is 13.1 Å². The Bertz CT molecular complexity index is 351. The summed E-state index contributed by atoms with van der Waals surface area (Å²) in [6.45, 7) is 2.83. The summed E-state index contributed by atoms with van der Waals surface area (Å²) >= 11 is 0. The molecule has 1 nitrogen and oxygen atoms in total.